The lowest BCUT2D eigenvalue weighted by Gasteiger charge is -2.62. The highest BCUT2D eigenvalue weighted by molar-refractivity contribution is 5.24. The van der Waals surface area contributed by atoms with Gasteiger partial charge in [0, 0.05) is 7.11 Å². The molecule has 2 heteroatoms. The van der Waals surface area contributed by atoms with Crippen LogP contribution in [0, 0.1) is 34.5 Å². The highest BCUT2D eigenvalue weighted by atomic mass is 16.5. The van der Waals surface area contributed by atoms with E-state index >= 15 is 0 Å². The Balaban J connectivity index is 1.66. The highest BCUT2D eigenvalue weighted by Crippen LogP contribution is 2.68. The summed E-state index contributed by atoms with van der Waals surface area (Å²) in [4.78, 5) is 0. The zero-order valence-corrected chi connectivity index (χ0v) is 16.8. The zero-order valence-electron chi connectivity index (χ0n) is 16.8. The molecule has 0 amide bonds. The standard InChI is InChI=1S/C23H38O2/c1-5-16-7-9-19-18-8-6-17-14-21(2,24)12-13-23(17,15-25-4)20(18)10-11-22(16,19)3/h5,17-20,24H,6-15H2,1-4H3/b16-5-. The molecule has 1 N–H and O–H groups in total. The van der Waals surface area contributed by atoms with E-state index in [-0.39, 0.29) is 0 Å². The molecular weight excluding hydrogens is 308 g/mol. The molecule has 0 aliphatic heterocycles. The van der Waals surface area contributed by atoms with E-state index in [2.05, 4.69) is 26.8 Å². The number of methoxy groups -OCH3 is 1. The van der Waals surface area contributed by atoms with Crippen molar-refractivity contribution in [1.29, 1.82) is 0 Å². The minimum absolute atomic E-state index is 0.333. The van der Waals surface area contributed by atoms with Gasteiger partial charge < -0.3 is 9.84 Å². The third-order valence-corrected chi connectivity index (χ3v) is 9.26. The third-order valence-electron chi connectivity index (χ3n) is 9.26. The summed E-state index contributed by atoms with van der Waals surface area (Å²) in [7, 11) is 1.89. The summed E-state index contributed by atoms with van der Waals surface area (Å²) in [6.07, 6.45) is 13.7. The third kappa shape index (κ3) is 2.57. The first-order valence-corrected chi connectivity index (χ1v) is 10.7. The van der Waals surface area contributed by atoms with Crippen LogP contribution in [0.2, 0.25) is 0 Å². The normalized spacial score (nSPS) is 54.0. The molecule has 0 spiro atoms. The van der Waals surface area contributed by atoms with Crippen LogP contribution in [0.3, 0.4) is 0 Å². The maximum absolute atomic E-state index is 10.7. The van der Waals surface area contributed by atoms with Crippen LogP contribution in [-0.2, 0) is 4.74 Å². The largest absolute Gasteiger partial charge is 0.390 e. The Kier molecular flexibility index (Phi) is 4.40. The lowest BCUT2D eigenvalue weighted by molar-refractivity contribution is -0.169. The van der Waals surface area contributed by atoms with Gasteiger partial charge in [0.1, 0.15) is 0 Å². The van der Waals surface area contributed by atoms with Crippen molar-refractivity contribution in [2.45, 2.75) is 84.2 Å². The second kappa shape index (κ2) is 6.09. The summed E-state index contributed by atoms with van der Waals surface area (Å²) in [5, 5.41) is 10.7. The van der Waals surface area contributed by atoms with Gasteiger partial charge in [0.15, 0.2) is 0 Å². The van der Waals surface area contributed by atoms with Gasteiger partial charge in [-0.05, 0) is 106 Å². The number of fused-ring (bicyclic) bond motifs is 5. The van der Waals surface area contributed by atoms with Crippen molar-refractivity contribution in [3.05, 3.63) is 11.6 Å². The van der Waals surface area contributed by atoms with E-state index < -0.39 is 5.60 Å². The maximum atomic E-state index is 10.7. The van der Waals surface area contributed by atoms with Crippen molar-refractivity contribution in [2.24, 2.45) is 34.5 Å². The Morgan fingerprint density at radius 2 is 1.88 bits per heavy atom. The molecule has 0 aromatic carbocycles. The van der Waals surface area contributed by atoms with Crippen LogP contribution in [0.1, 0.15) is 78.6 Å². The van der Waals surface area contributed by atoms with E-state index in [1.54, 1.807) is 5.57 Å². The summed E-state index contributed by atoms with van der Waals surface area (Å²) in [5.41, 5.74) is 2.09. The Labute approximate surface area is 154 Å². The molecule has 0 radical (unpaired) electrons. The van der Waals surface area contributed by atoms with Crippen LogP contribution in [-0.4, -0.2) is 24.4 Å². The molecule has 142 valence electrons. The first-order valence-electron chi connectivity index (χ1n) is 10.7. The van der Waals surface area contributed by atoms with E-state index in [1.807, 2.05) is 7.11 Å². The van der Waals surface area contributed by atoms with Crippen molar-refractivity contribution < 1.29 is 9.84 Å². The molecule has 4 saturated carbocycles. The van der Waals surface area contributed by atoms with Crippen molar-refractivity contribution in [2.75, 3.05) is 13.7 Å². The summed E-state index contributed by atoms with van der Waals surface area (Å²) in [5.74, 6) is 3.24. The van der Waals surface area contributed by atoms with Gasteiger partial charge in [-0.15, -0.1) is 0 Å². The number of ether oxygens (including phenoxy) is 1. The minimum atomic E-state index is -0.455. The topological polar surface area (TPSA) is 29.5 Å². The molecule has 4 aliphatic carbocycles. The van der Waals surface area contributed by atoms with Gasteiger partial charge in [-0.3, -0.25) is 0 Å². The van der Waals surface area contributed by atoms with E-state index in [0.717, 1.165) is 37.2 Å². The van der Waals surface area contributed by atoms with Crippen LogP contribution in [0.15, 0.2) is 11.6 Å². The minimum Gasteiger partial charge on any atom is -0.390 e. The lowest BCUT2D eigenvalue weighted by Crippen LogP contribution is -2.58. The van der Waals surface area contributed by atoms with Gasteiger partial charge in [-0.25, -0.2) is 0 Å². The molecule has 7 unspecified atom stereocenters. The summed E-state index contributed by atoms with van der Waals surface area (Å²) >= 11 is 0. The van der Waals surface area contributed by atoms with Crippen molar-refractivity contribution >= 4 is 0 Å². The fourth-order valence-electron chi connectivity index (χ4n) is 8.11. The molecule has 4 rings (SSSR count). The molecule has 0 bridgehead atoms. The molecule has 0 aromatic heterocycles. The molecule has 0 aromatic rings. The Morgan fingerprint density at radius 1 is 1.08 bits per heavy atom. The first kappa shape index (κ1) is 18.0. The van der Waals surface area contributed by atoms with Gasteiger partial charge in [0.2, 0.25) is 0 Å². The smallest absolute Gasteiger partial charge is 0.0622 e. The van der Waals surface area contributed by atoms with Gasteiger partial charge >= 0.3 is 0 Å². The van der Waals surface area contributed by atoms with Crippen LogP contribution in [0.5, 0.6) is 0 Å². The molecule has 0 heterocycles. The van der Waals surface area contributed by atoms with Gasteiger partial charge in [0.25, 0.3) is 0 Å². The molecule has 2 nitrogen and oxygen atoms in total. The molecule has 0 saturated heterocycles. The quantitative estimate of drug-likeness (QED) is 0.683. The predicted molar refractivity (Wildman–Crippen MR) is 102 cm³/mol. The van der Waals surface area contributed by atoms with Crippen LogP contribution >= 0.6 is 0 Å². The van der Waals surface area contributed by atoms with E-state index in [0.29, 0.717) is 16.7 Å². The van der Waals surface area contributed by atoms with Gasteiger partial charge in [0.05, 0.1) is 12.2 Å². The number of allylic oxidation sites excluding steroid dienone is 2. The van der Waals surface area contributed by atoms with Crippen molar-refractivity contribution in [3.8, 4) is 0 Å². The molecule has 25 heavy (non-hydrogen) atoms. The number of aliphatic hydroxyl groups is 1. The Morgan fingerprint density at radius 3 is 2.60 bits per heavy atom. The monoisotopic (exact) mass is 346 g/mol. The van der Waals surface area contributed by atoms with Crippen molar-refractivity contribution in [3.63, 3.8) is 0 Å². The summed E-state index contributed by atoms with van der Waals surface area (Å²) in [6, 6.07) is 0. The van der Waals surface area contributed by atoms with E-state index in [4.69, 9.17) is 4.74 Å². The van der Waals surface area contributed by atoms with Crippen LogP contribution < -0.4 is 0 Å². The number of hydrogen-bond donors (Lipinski definition) is 1. The van der Waals surface area contributed by atoms with Gasteiger partial charge in [-0.1, -0.05) is 18.6 Å². The predicted octanol–water partition coefficient (Wildman–Crippen LogP) is 5.35. The zero-order chi connectivity index (χ0) is 17.9. The molecule has 7 atom stereocenters. The maximum Gasteiger partial charge on any atom is 0.0622 e. The highest BCUT2D eigenvalue weighted by Gasteiger charge is 2.61. The lowest BCUT2D eigenvalue weighted by atomic mass is 9.44. The van der Waals surface area contributed by atoms with Crippen LogP contribution in [0.4, 0.5) is 0 Å². The second-order valence-electron chi connectivity index (χ2n) is 10.3. The first-order chi connectivity index (χ1) is 11.9. The van der Waals surface area contributed by atoms with E-state index in [1.165, 1.54) is 44.9 Å². The summed E-state index contributed by atoms with van der Waals surface area (Å²) in [6.45, 7) is 7.79. The molecule has 4 fully saturated rings. The average Bonchev–Trinajstić information content (AvgIpc) is 2.91. The summed E-state index contributed by atoms with van der Waals surface area (Å²) < 4.78 is 5.84. The molecular formula is C23H38O2. The average molecular weight is 347 g/mol. The Hall–Kier alpha value is -0.340. The van der Waals surface area contributed by atoms with Crippen LogP contribution in [0.25, 0.3) is 0 Å². The number of rotatable bonds is 2. The van der Waals surface area contributed by atoms with Gasteiger partial charge in [-0.2, -0.15) is 0 Å². The second-order valence-corrected chi connectivity index (χ2v) is 10.3. The van der Waals surface area contributed by atoms with E-state index in [9.17, 15) is 5.11 Å². The fourth-order valence-corrected chi connectivity index (χ4v) is 8.11. The molecule has 4 aliphatic rings. The SMILES string of the molecule is C/C=C1/CCC2C3CCC4CC(C)(O)CCC4(COC)C3CCC12C. The number of hydrogen-bond acceptors (Lipinski definition) is 2. The Bertz CT molecular complexity index is 550. The van der Waals surface area contributed by atoms with Crippen molar-refractivity contribution in [1.82, 2.24) is 0 Å². The fraction of sp³-hybridized carbons (Fsp3) is 0.913.